The molecule has 4 nitrogen and oxygen atoms in total. The molecular formula is C13H10ClFN2O2. The molecule has 98 valence electrons. The Hall–Kier alpha value is -2.14. The van der Waals surface area contributed by atoms with Crippen LogP contribution in [0.15, 0.2) is 36.4 Å². The van der Waals surface area contributed by atoms with E-state index in [1.165, 1.54) is 24.3 Å². The standard InChI is InChI=1S/C13H10ClFN2O2/c1-8-6-9(3-5-13(8)17(18)19)16-10-2-4-12(15)11(14)7-10/h2-7,16H,1H3. The van der Waals surface area contributed by atoms with Crippen LogP contribution in [0.4, 0.5) is 21.5 Å². The van der Waals surface area contributed by atoms with Gasteiger partial charge < -0.3 is 5.32 Å². The maximum Gasteiger partial charge on any atom is 0.272 e. The Balaban J connectivity index is 2.26. The number of nitrogens with zero attached hydrogens (tertiary/aromatic N) is 1. The fourth-order valence-corrected chi connectivity index (χ4v) is 1.86. The summed E-state index contributed by atoms with van der Waals surface area (Å²) in [4.78, 5) is 10.3. The number of anilines is 2. The van der Waals surface area contributed by atoms with Gasteiger partial charge >= 0.3 is 0 Å². The summed E-state index contributed by atoms with van der Waals surface area (Å²) in [7, 11) is 0. The van der Waals surface area contributed by atoms with Gasteiger partial charge in [0, 0.05) is 23.0 Å². The van der Waals surface area contributed by atoms with Crippen LogP contribution in [0.1, 0.15) is 5.56 Å². The first-order valence-electron chi connectivity index (χ1n) is 5.44. The maximum atomic E-state index is 13.0. The highest BCUT2D eigenvalue weighted by atomic mass is 35.5. The predicted molar refractivity (Wildman–Crippen MR) is 72.5 cm³/mol. The lowest BCUT2D eigenvalue weighted by molar-refractivity contribution is -0.385. The van der Waals surface area contributed by atoms with Gasteiger partial charge in [0.1, 0.15) is 5.82 Å². The molecule has 0 heterocycles. The summed E-state index contributed by atoms with van der Waals surface area (Å²) in [5.41, 5.74) is 1.89. The van der Waals surface area contributed by atoms with Crippen LogP contribution in [0.5, 0.6) is 0 Å². The van der Waals surface area contributed by atoms with Gasteiger partial charge in [0.25, 0.3) is 5.69 Å². The highest BCUT2D eigenvalue weighted by Crippen LogP contribution is 2.26. The molecule has 2 rings (SSSR count). The molecule has 1 N–H and O–H groups in total. The van der Waals surface area contributed by atoms with E-state index in [0.717, 1.165) is 0 Å². The van der Waals surface area contributed by atoms with Crippen molar-refractivity contribution >= 4 is 28.7 Å². The Labute approximate surface area is 114 Å². The zero-order valence-corrected chi connectivity index (χ0v) is 10.7. The van der Waals surface area contributed by atoms with Gasteiger partial charge in [-0.25, -0.2) is 4.39 Å². The van der Waals surface area contributed by atoms with Crippen molar-refractivity contribution in [1.82, 2.24) is 0 Å². The fraction of sp³-hybridized carbons (Fsp3) is 0.0769. The summed E-state index contributed by atoms with van der Waals surface area (Å²) >= 11 is 5.67. The normalized spacial score (nSPS) is 10.3. The summed E-state index contributed by atoms with van der Waals surface area (Å²) in [5.74, 6) is -0.493. The number of rotatable bonds is 3. The van der Waals surface area contributed by atoms with Crippen molar-refractivity contribution in [3.8, 4) is 0 Å². The van der Waals surface area contributed by atoms with Gasteiger partial charge in [-0.3, -0.25) is 10.1 Å². The molecule has 0 saturated heterocycles. The minimum Gasteiger partial charge on any atom is -0.355 e. The molecule has 0 unspecified atom stereocenters. The van der Waals surface area contributed by atoms with Crippen LogP contribution >= 0.6 is 11.6 Å². The van der Waals surface area contributed by atoms with Crippen molar-refractivity contribution in [2.24, 2.45) is 0 Å². The molecule has 0 aromatic heterocycles. The molecule has 0 atom stereocenters. The second kappa shape index (κ2) is 5.24. The lowest BCUT2D eigenvalue weighted by Gasteiger charge is -2.08. The Morgan fingerprint density at radius 1 is 1.21 bits per heavy atom. The third-order valence-corrected chi connectivity index (χ3v) is 2.89. The molecule has 0 bridgehead atoms. The van der Waals surface area contributed by atoms with Crippen LogP contribution in [-0.4, -0.2) is 4.92 Å². The zero-order valence-electron chi connectivity index (χ0n) is 9.98. The second-order valence-electron chi connectivity index (χ2n) is 4.01. The Bertz CT molecular complexity index is 647. The van der Waals surface area contributed by atoms with Gasteiger partial charge in [-0.15, -0.1) is 0 Å². The van der Waals surface area contributed by atoms with Gasteiger partial charge in [0.2, 0.25) is 0 Å². The first-order valence-corrected chi connectivity index (χ1v) is 5.82. The number of hydrogen-bond donors (Lipinski definition) is 1. The smallest absolute Gasteiger partial charge is 0.272 e. The van der Waals surface area contributed by atoms with Crippen LogP contribution in [0.2, 0.25) is 5.02 Å². The quantitative estimate of drug-likeness (QED) is 0.668. The van der Waals surface area contributed by atoms with E-state index >= 15 is 0 Å². The third kappa shape index (κ3) is 3.00. The monoisotopic (exact) mass is 280 g/mol. The van der Waals surface area contributed by atoms with E-state index in [1.807, 2.05) is 0 Å². The van der Waals surface area contributed by atoms with Crippen LogP contribution in [0, 0.1) is 22.9 Å². The summed E-state index contributed by atoms with van der Waals surface area (Å²) in [6.07, 6.45) is 0. The largest absolute Gasteiger partial charge is 0.355 e. The van der Waals surface area contributed by atoms with E-state index in [9.17, 15) is 14.5 Å². The molecule has 19 heavy (non-hydrogen) atoms. The van der Waals surface area contributed by atoms with Crippen molar-refractivity contribution in [3.05, 3.63) is 62.9 Å². The molecule has 2 aromatic rings. The average molecular weight is 281 g/mol. The molecule has 0 amide bonds. The van der Waals surface area contributed by atoms with Gasteiger partial charge in [-0.1, -0.05) is 11.6 Å². The van der Waals surface area contributed by atoms with Crippen molar-refractivity contribution < 1.29 is 9.31 Å². The van der Waals surface area contributed by atoms with Gasteiger partial charge in [-0.05, 0) is 37.3 Å². The number of aryl methyl sites for hydroxylation is 1. The van der Waals surface area contributed by atoms with Crippen molar-refractivity contribution in [3.63, 3.8) is 0 Å². The topological polar surface area (TPSA) is 55.2 Å². The van der Waals surface area contributed by atoms with Crippen molar-refractivity contribution in [2.45, 2.75) is 6.92 Å². The van der Waals surface area contributed by atoms with E-state index in [-0.39, 0.29) is 10.7 Å². The maximum absolute atomic E-state index is 13.0. The molecule has 0 spiro atoms. The molecule has 0 aliphatic heterocycles. The number of benzene rings is 2. The molecular weight excluding hydrogens is 271 g/mol. The van der Waals surface area contributed by atoms with E-state index in [2.05, 4.69) is 5.32 Å². The molecule has 6 heteroatoms. The summed E-state index contributed by atoms with van der Waals surface area (Å²) in [6.45, 7) is 1.65. The second-order valence-corrected chi connectivity index (χ2v) is 4.42. The van der Waals surface area contributed by atoms with E-state index in [4.69, 9.17) is 11.6 Å². The number of hydrogen-bond acceptors (Lipinski definition) is 3. The zero-order chi connectivity index (χ0) is 14.0. The molecule has 0 fully saturated rings. The summed E-state index contributed by atoms with van der Waals surface area (Å²) in [6, 6.07) is 8.90. The number of halogens is 2. The Morgan fingerprint density at radius 3 is 2.42 bits per heavy atom. The molecule has 0 radical (unpaired) electrons. The van der Waals surface area contributed by atoms with Gasteiger partial charge in [0.05, 0.1) is 9.95 Å². The van der Waals surface area contributed by atoms with Crippen molar-refractivity contribution in [1.29, 1.82) is 0 Å². The molecule has 0 saturated carbocycles. The summed E-state index contributed by atoms with van der Waals surface area (Å²) < 4.78 is 13.0. The van der Waals surface area contributed by atoms with E-state index < -0.39 is 10.7 Å². The Morgan fingerprint density at radius 2 is 1.84 bits per heavy atom. The number of nitrogens with one attached hydrogen (secondary N) is 1. The minimum atomic E-state index is -0.493. The minimum absolute atomic E-state index is 0.0173. The highest BCUT2D eigenvalue weighted by Gasteiger charge is 2.10. The van der Waals surface area contributed by atoms with Crippen LogP contribution in [0.25, 0.3) is 0 Å². The SMILES string of the molecule is Cc1cc(Nc2ccc(F)c(Cl)c2)ccc1[N+](=O)[O-]. The van der Waals surface area contributed by atoms with E-state index in [1.54, 1.807) is 19.1 Å². The Kier molecular flexibility index (Phi) is 3.66. The number of nitro benzene ring substituents is 1. The lowest BCUT2D eigenvalue weighted by Crippen LogP contribution is -1.95. The first-order chi connectivity index (χ1) is 8.97. The molecule has 0 aliphatic rings. The fourth-order valence-electron chi connectivity index (χ4n) is 1.68. The van der Waals surface area contributed by atoms with Gasteiger partial charge in [0.15, 0.2) is 0 Å². The van der Waals surface area contributed by atoms with Crippen molar-refractivity contribution in [2.75, 3.05) is 5.32 Å². The highest BCUT2D eigenvalue weighted by molar-refractivity contribution is 6.31. The third-order valence-electron chi connectivity index (χ3n) is 2.60. The van der Waals surface area contributed by atoms with Gasteiger partial charge in [-0.2, -0.15) is 0 Å². The average Bonchev–Trinajstić information content (AvgIpc) is 2.33. The number of nitro groups is 1. The summed E-state index contributed by atoms with van der Waals surface area (Å²) in [5, 5.41) is 13.7. The van der Waals surface area contributed by atoms with Crippen LogP contribution in [0.3, 0.4) is 0 Å². The predicted octanol–water partition coefficient (Wildman–Crippen LogP) is 4.44. The first kappa shape index (κ1) is 13.3. The van der Waals surface area contributed by atoms with Crippen LogP contribution < -0.4 is 5.32 Å². The lowest BCUT2D eigenvalue weighted by atomic mass is 10.1. The molecule has 2 aromatic carbocycles. The van der Waals surface area contributed by atoms with Crippen LogP contribution in [-0.2, 0) is 0 Å². The van der Waals surface area contributed by atoms with E-state index in [0.29, 0.717) is 16.9 Å². The molecule has 0 aliphatic carbocycles.